The quantitative estimate of drug-likeness (QED) is 0.867. The van der Waals surface area contributed by atoms with Gasteiger partial charge in [0.05, 0.1) is 23.5 Å². The van der Waals surface area contributed by atoms with E-state index in [0.29, 0.717) is 17.5 Å². The van der Waals surface area contributed by atoms with E-state index in [2.05, 4.69) is 28.7 Å². The first-order chi connectivity index (χ1) is 8.48. The number of hydrogen-bond acceptors (Lipinski definition) is 4. The molecule has 6 heteroatoms. The summed E-state index contributed by atoms with van der Waals surface area (Å²) in [5, 5.41) is 3.34. The monoisotopic (exact) mass is 271 g/mol. The van der Waals surface area contributed by atoms with E-state index in [0.717, 1.165) is 25.2 Å². The normalized spacial score (nSPS) is 22.7. The minimum absolute atomic E-state index is 0.269. The first-order valence-corrected chi connectivity index (χ1v) is 8.22. The third kappa shape index (κ3) is 3.32. The number of nitrogens with zero attached hydrogens (tertiary/aromatic N) is 2. The Morgan fingerprint density at radius 3 is 2.94 bits per heavy atom. The zero-order valence-corrected chi connectivity index (χ0v) is 11.8. The van der Waals surface area contributed by atoms with Crippen LogP contribution in [0.5, 0.6) is 0 Å². The lowest BCUT2D eigenvalue weighted by atomic mass is 10.1. The van der Waals surface area contributed by atoms with Gasteiger partial charge in [-0.2, -0.15) is 0 Å². The summed E-state index contributed by atoms with van der Waals surface area (Å²) in [5.74, 6) is 0.956. The Morgan fingerprint density at radius 1 is 1.56 bits per heavy atom. The summed E-state index contributed by atoms with van der Waals surface area (Å²) in [6.07, 6.45) is 4.48. The molecule has 1 aromatic rings. The maximum atomic E-state index is 11.3. The van der Waals surface area contributed by atoms with E-state index in [1.165, 1.54) is 0 Å². The second-order valence-corrected chi connectivity index (χ2v) is 7.51. The molecule has 1 saturated heterocycles. The molecule has 1 aromatic heterocycles. The average Bonchev–Trinajstić information content (AvgIpc) is 2.85. The number of imidazole rings is 1. The van der Waals surface area contributed by atoms with Crippen molar-refractivity contribution in [3.05, 3.63) is 18.2 Å². The fourth-order valence-corrected chi connectivity index (χ4v) is 4.23. The Morgan fingerprint density at radius 2 is 2.33 bits per heavy atom. The standard InChI is InChI=1S/C12H21N3O2S/c1-10(2)15-9-14-7-12(15)6-13-5-11-3-4-18(16,17)8-11/h7,9-11,13H,3-6,8H2,1-2H3. The van der Waals surface area contributed by atoms with Crippen LogP contribution in [-0.2, 0) is 16.4 Å². The van der Waals surface area contributed by atoms with Gasteiger partial charge in [0.1, 0.15) is 0 Å². The molecule has 1 aliphatic rings. The van der Waals surface area contributed by atoms with Gasteiger partial charge in [-0.05, 0) is 32.7 Å². The molecule has 1 unspecified atom stereocenters. The van der Waals surface area contributed by atoms with Crippen LogP contribution in [-0.4, -0.2) is 36.0 Å². The Labute approximate surface area is 109 Å². The van der Waals surface area contributed by atoms with Crippen molar-refractivity contribution in [3.63, 3.8) is 0 Å². The summed E-state index contributed by atoms with van der Waals surface area (Å²) >= 11 is 0. The van der Waals surface area contributed by atoms with E-state index in [4.69, 9.17) is 0 Å². The molecule has 1 aliphatic heterocycles. The Balaban J connectivity index is 1.81. The van der Waals surface area contributed by atoms with E-state index < -0.39 is 9.84 Å². The van der Waals surface area contributed by atoms with E-state index >= 15 is 0 Å². The van der Waals surface area contributed by atoms with Crippen molar-refractivity contribution < 1.29 is 8.42 Å². The lowest BCUT2D eigenvalue weighted by Gasteiger charge is -2.13. The van der Waals surface area contributed by atoms with Crippen LogP contribution < -0.4 is 5.32 Å². The van der Waals surface area contributed by atoms with E-state index in [-0.39, 0.29) is 5.92 Å². The van der Waals surface area contributed by atoms with Crippen molar-refractivity contribution in [2.24, 2.45) is 5.92 Å². The molecule has 1 atom stereocenters. The maximum absolute atomic E-state index is 11.3. The van der Waals surface area contributed by atoms with Crippen molar-refractivity contribution in [3.8, 4) is 0 Å². The van der Waals surface area contributed by atoms with Gasteiger partial charge in [0.25, 0.3) is 0 Å². The summed E-state index contributed by atoms with van der Waals surface area (Å²) in [7, 11) is -2.76. The number of sulfone groups is 1. The van der Waals surface area contributed by atoms with E-state index in [1.54, 1.807) is 0 Å². The van der Waals surface area contributed by atoms with Crippen LogP contribution in [0.2, 0.25) is 0 Å². The van der Waals surface area contributed by atoms with E-state index in [9.17, 15) is 8.42 Å². The molecule has 0 spiro atoms. The maximum Gasteiger partial charge on any atom is 0.150 e. The van der Waals surface area contributed by atoms with Gasteiger partial charge in [0.15, 0.2) is 9.84 Å². The van der Waals surface area contributed by atoms with Gasteiger partial charge in [-0.25, -0.2) is 13.4 Å². The molecule has 102 valence electrons. The van der Waals surface area contributed by atoms with Crippen LogP contribution in [0.15, 0.2) is 12.5 Å². The van der Waals surface area contributed by atoms with Crippen LogP contribution in [0.25, 0.3) is 0 Å². The van der Waals surface area contributed by atoms with Gasteiger partial charge in [-0.15, -0.1) is 0 Å². The van der Waals surface area contributed by atoms with Gasteiger partial charge < -0.3 is 9.88 Å². The van der Waals surface area contributed by atoms with Crippen LogP contribution in [0.4, 0.5) is 0 Å². The van der Waals surface area contributed by atoms with Crippen molar-refractivity contribution in [2.45, 2.75) is 32.9 Å². The molecule has 18 heavy (non-hydrogen) atoms. The molecular formula is C12H21N3O2S. The molecule has 0 radical (unpaired) electrons. The highest BCUT2D eigenvalue weighted by Gasteiger charge is 2.27. The Hall–Kier alpha value is -0.880. The molecule has 0 saturated carbocycles. The third-order valence-electron chi connectivity index (χ3n) is 3.37. The van der Waals surface area contributed by atoms with Crippen LogP contribution in [0, 0.1) is 5.92 Å². The zero-order valence-electron chi connectivity index (χ0n) is 11.0. The van der Waals surface area contributed by atoms with Crippen LogP contribution in [0.3, 0.4) is 0 Å². The van der Waals surface area contributed by atoms with E-state index in [1.807, 2.05) is 12.5 Å². The summed E-state index contributed by atoms with van der Waals surface area (Å²) < 4.78 is 24.8. The smallest absolute Gasteiger partial charge is 0.150 e. The molecular weight excluding hydrogens is 250 g/mol. The number of rotatable bonds is 5. The fourth-order valence-electron chi connectivity index (χ4n) is 2.37. The van der Waals surface area contributed by atoms with Crippen LogP contribution in [0.1, 0.15) is 32.0 Å². The molecule has 0 aromatic carbocycles. The molecule has 0 bridgehead atoms. The average molecular weight is 271 g/mol. The molecule has 1 N–H and O–H groups in total. The predicted octanol–water partition coefficient (Wildman–Crippen LogP) is 0.988. The van der Waals surface area contributed by atoms with Gasteiger partial charge in [-0.1, -0.05) is 0 Å². The Kier molecular flexibility index (Phi) is 4.07. The molecule has 0 amide bonds. The number of nitrogens with one attached hydrogen (secondary N) is 1. The first-order valence-electron chi connectivity index (χ1n) is 6.40. The highest BCUT2D eigenvalue weighted by Crippen LogP contribution is 2.17. The van der Waals surface area contributed by atoms with Crippen molar-refractivity contribution >= 4 is 9.84 Å². The summed E-state index contributed by atoms with van der Waals surface area (Å²) in [6, 6.07) is 0.399. The van der Waals surface area contributed by atoms with Crippen LogP contribution >= 0.6 is 0 Å². The first kappa shape index (κ1) is 13.5. The highest BCUT2D eigenvalue weighted by atomic mass is 32.2. The predicted molar refractivity (Wildman–Crippen MR) is 71.1 cm³/mol. The topological polar surface area (TPSA) is 64.0 Å². The van der Waals surface area contributed by atoms with Gasteiger partial charge in [-0.3, -0.25) is 0 Å². The summed E-state index contributed by atoms with van der Waals surface area (Å²) in [4.78, 5) is 4.14. The van der Waals surface area contributed by atoms with Gasteiger partial charge >= 0.3 is 0 Å². The van der Waals surface area contributed by atoms with Crippen molar-refractivity contribution in [2.75, 3.05) is 18.1 Å². The number of hydrogen-bond donors (Lipinski definition) is 1. The minimum Gasteiger partial charge on any atom is -0.331 e. The molecule has 2 heterocycles. The second kappa shape index (κ2) is 5.40. The third-order valence-corrected chi connectivity index (χ3v) is 5.21. The summed E-state index contributed by atoms with van der Waals surface area (Å²) in [5.41, 5.74) is 1.14. The largest absolute Gasteiger partial charge is 0.331 e. The molecule has 5 nitrogen and oxygen atoms in total. The zero-order chi connectivity index (χ0) is 13.2. The van der Waals surface area contributed by atoms with Gasteiger partial charge in [0.2, 0.25) is 0 Å². The highest BCUT2D eigenvalue weighted by molar-refractivity contribution is 7.91. The SMILES string of the molecule is CC(C)n1cncc1CNCC1CCS(=O)(=O)C1. The fraction of sp³-hybridized carbons (Fsp3) is 0.750. The minimum atomic E-state index is -2.76. The number of aromatic nitrogens is 2. The lowest BCUT2D eigenvalue weighted by Crippen LogP contribution is -2.24. The lowest BCUT2D eigenvalue weighted by molar-refractivity contribution is 0.498. The molecule has 1 fully saturated rings. The Bertz CT molecular complexity index is 493. The summed E-state index contributed by atoms with van der Waals surface area (Å²) in [6.45, 7) is 5.75. The van der Waals surface area contributed by atoms with Crippen molar-refractivity contribution in [1.82, 2.24) is 14.9 Å². The molecule has 2 rings (SSSR count). The molecule has 0 aliphatic carbocycles. The van der Waals surface area contributed by atoms with Gasteiger partial charge in [0, 0.05) is 18.8 Å². The second-order valence-electron chi connectivity index (χ2n) is 5.29. The van der Waals surface area contributed by atoms with Crippen molar-refractivity contribution in [1.29, 1.82) is 0 Å².